The van der Waals surface area contributed by atoms with Gasteiger partial charge in [0.25, 0.3) is 5.91 Å². The van der Waals surface area contributed by atoms with Gasteiger partial charge in [-0.2, -0.15) is 9.97 Å². The fourth-order valence-electron chi connectivity index (χ4n) is 14.4. The zero-order valence-electron chi connectivity index (χ0n) is 45.2. The summed E-state index contributed by atoms with van der Waals surface area (Å²) in [5.74, 6) is 1.92. The van der Waals surface area contributed by atoms with Gasteiger partial charge in [-0.05, 0) is 81.4 Å². The molecule has 2 bridgehead atoms. The molecule has 7 fully saturated rings. The van der Waals surface area contributed by atoms with Crippen molar-refractivity contribution in [2.24, 2.45) is 5.92 Å². The van der Waals surface area contributed by atoms with Crippen LogP contribution >= 0.6 is 0 Å². The Kier molecular flexibility index (Phi) is 13.4. The SMILES string of the molecule is C#Cc1c(F)ccc2cccc(-c3ncc4c(N5CC6CCC(C5)N6)nc(OCC56CCC(COC(=O)N7CCN(C(=O)C8CCN(c9cccc%10c9CN(C9CCC(=O)NC9=O)C%10=O)CC8)CC7)N5CC(=C)C6)nc4c3CC)c12. The number of carbonyl (C=O) groups excluding carboxylic acids is 5. The van der Waals surface area contributed by atoms with E-state index in [9.17, 15) is 24.0 Å². The van der Waals surface area contributed by atoms with E-state index < -0.39 is 23.3 Å². The minimum Gasteiger partial charge on any atom is -0.461 e. The molecule has 18 nitrogen and oxygen atoms in total. The van der Waals surface area contributed by atoms with Gasteiger partial charge < -0.3 is 39.3 Å². The summed E-state index contributed by atoms with van der Waals surface area (Å²) < 4.78 is 28.2. The Labute approximate surface area is 464 Å². The number of imide groups is 1. The molecule has 80 heavy (non-hydrogen) atoms. The molecule has 2 N–H and O–H groups in total. The molecule has 7 saturated heterocycles. The fourth-order valence-corrected chi connectivity index (χ4v) is 14.4. The quantitative estimate of drug-likeness (QED) is 0.0896. The number of ether oxygens (including phenoxy) is 2. The highest BCUT2D eigenvalue weighted by Gasteiger charge is 2.52. The van der Waals surface area contributed by atoms with Crippen molar-refractivity contribution < 1.29 is 37.8 Å². The van der Waals surface area contributed by atoms with Gasteiger partial charge in [0.15, 0.2) is 0 Å². The van der Waals surface area contributed by atoms with Crippen LogP contribution in [0.3, 0.4) is 0 Å². The van der Waals surface area contributed by atoms with Crippen LogP contribution < -0.4 is 25.2 Å². The molecule has 13 rings (SSSR count). The van der Waals surface area contributed by atoms with E-state index in [1.54, 1.807) is 21.9 Å². The normalized spacial score (nSPS) is 25.1. The van der Waals surface area contributed by atoms with Gasteiger partial charge in [-0.15, -0.1) is 6.42 Å². The van der Waals surface area contributed by atoms with Crippen molar-refractivity contribution in [2.45, 2.75) is 107 Å². The van der Waals surface area contributed by atoms with Crippen LogP contribution in [0.5, 0.6) is 6.01 Å². The highest BCUT2D eigenvalue weighted by molar-refractivity contribution is 6.06. The van der Waals surface area contributed by atoms with Crippen molar-refractivity contribution in [3.63, 3.8) is 0 Å². The van der Waals surface area contributed by atoms with Gasteiger partial charge >= 0.3 is 12.1 Å². The summed E-state index contributed by atoms with van der Waals surface area (Å²) >= 11 is 0. The lowest BCUT2D eigenvalue weighted by Gasteiger charge is -2.39. The molecule has 3 aromatic carbocycles. The number of carbonyl (C=O) groups is 5. The third-order valence-corrected chi connectivity index (χ3v) is 18.5. The monoisotopic (exact) mass is 1080 g/mol. The summed E-state index contributed by atoms with van der Waals surface area (Å²) in [6.07, 6.45) is 14.4. The number of terminal acetylenes is 1. The Hall–Kier alpha value is -7.69. The molecule has 5 amide bonds. The summed E-state index contributed by atoms with van der Waals surface area (Å²) in [6.45, 7) is 12.5. The number of benzene rings is 3. The van der Waals surface area contributed by atoms with Gasteiger partial charge in [0.2, 0.25) is 17.7 Å². The number of halogens is 1. The summed E-state index contributed by atoms with van der Waals surface area (Å²) in [6, 6.07) is 14.9. The molecule has 0 radical (unpaired) electrons. The number of nitrogens with zero attached hydrogens (tertiary/aromatic N) is 9. The smallest absolute Gasteiger partial charge is 0.409 e. The van der Waals surface area contributed by atoms with Crippen LogP contribution in [0, 0.1) is 24.1 Å². The van der Waals surface area contributed by atoms with E-state index in [1.807, 2.05) is 41.4 Å². The lowest BCUT2D eigenvalue weighted by molar-refractivity contribution is -0.138. The number of rotatable bonds is 11. The molecule has 8 aliphatic heterocycles. The number of anilines is 2. The number of nitrogens with one attached hydrogen (secondary N) is 2. The van der Waals surface area contributed by atoms with E-state index in [1.165, 1.54) is 6.07 Å². The van der Waals surface area contributed by atoms with E-state index in [0.717, 1.165) is 95.3 Å². The Morgan fingerprint density at radius 1 is 0.887 bits per heavy atom. The predicted molar refractivity (Wildman–Crippen MR) is 298 cm³/mol. The highest BCUT2D eigenvalue weighted by Crippen LogP contribution is 2.46. The predicted octanol–water partition coefficient (Wildman–Crippen LogP) is 5.97. The number of amides is 5. The molecule has 0 spiro atoms. The second-order valence-electron chi connectivity index (χ2n) is 23.2. The van der Waals surface area contributed by atoms with Crippen LogP contribution in [0.25, 0.3) is 32.9 Å². The first-order valence-electron chi connectivity index (χ1n) is 28.5. The van der Waals surface area contributed by atoms with Crippen molar-refractivity contribution >= 4 is 62.9 Å². The molecular formula is C61H66FN11O7. The number of hydrogen-bond donors (Lipinski definition) is 2. The van der Waals surface area contributed by atoms with Crippen LogP contribution in [0.1, 0.15) is 91.8 Å². The number of aryl methyl sites for hydroxylation is 1. The lowest BCUT2D eigenvalue weighted by Crippen LogP contribution is -2.53. The van der Waals surface area contributed by atoms with E-state index in [2.05, 4.69) is 44.8 Å². The second kappa shape index (κ2) is 20.8. The van der Waals surface area contributed by atoms with Gasteiger partial charge in [0, 0.05) is 135 Å². The van der Waals surface area contributed by atoms with Crippen LogP contribution in [-0.2, 0) is 32.1 Å². The number of fused-ring (bicyclic) bond motifs is 6. The fraction of sp³-hybridized carbons (Fsp3) is 0.475. The van der Waals surface area contributed by atoms with Crippen LogP contribution in [0.4, 0.5) is 20.7 Å². The molecule has 5 unspecified atom stereocenters. The van der Waals surface area contributed by atoms with Crippen molar-refractivity contribution in [2.75, 3.05) is 81.9 Å². The minimum absolute atomic E-state index is 0.0413. The maximum Gasteiger partial charge on any atom is 0.409 e. The van der Waals surface area contributed by atoms with Crippen LogP contribution in [0.2, 0.25) is 0 Å². The lowest BCUT2D eigenvalue weighted by atomic mass is 9.93. The Morgan fingerprint density at radius 3 is 2.41 bits per heavy atom. The number of hydrogen-bond acceptors (Lipinski definition) is 14. The van der Waals surface area contributed by atoms with E-state index in [-0.39, 0.29) is 60.4 Å². The molecule has 2 aromatic heterocycles. The molecule has 0 saturated carbocycles. The van der Waals surface area contributed by atoms with Crippen LogP contribution in [0.15, 0.2) is 66.9 Å². The Bertz CT molecular complexity index is 3430. The Morgan fingerprint density at radius 2 is 1.65 bits per heavy atom. The first kappa shape index (κ1) is 51.7. The summed E-state index contributed by atoms with van der Waals surface area (Å²) in [4.78, 5) is 93.1. The van der Waals surface area contributed by atoms with Crippen molar-refractivity contribution in [1.82, 2.24) is 45.2 Å². The molecular weight excluding hydrogens is 1020 g/mol. The molecule has 19 heteroatoms. The molecule has 5 aromatic rings. The minimum atomic E-state index is -0.683. The molecule has 10 heterocycles. The topological polar surface area (TPSA) is 186 Å². The average molecular weight is 1080 g/mol. The zero-order valence-corrected chi connectivity index (χ0v) is 45.2. The average Bonchev–Trinajstić information content (AvgIpc) is 4.21. The Balaban J connectivity index is 0.646. The van der Waals surface area contributed by atoms with E-state index in [4.69, 9.17) is 30.8 Å². The maximum atomic E-state index is 15.3. The molecule has 0 aliphatic carbocycles. The summed E-state index contributed by atoms with van der Waals surface area (Å²) in [5, 5.41) is 8.42. The van der Waals surface area contributed by atoms with Gasteiger partial charge in [-0.3, -0.25) is 34.4 Å². The van der Waals surface area contributed by atoms with Crippen molar-refractivity contribution in [1.29, 1.82) is 0 Å². The van der Waals surface area contributed by atoms with Crippen LogP contribution in [-0.4, -0.2) is 166 Å². The number of aromatic nitrogens is 3. The number of piperidine rings is 2. The van der Waals surface area contributed by atoms with Gasteiger partial charge in [0.1, 0.15) is 30.9 Å². The molecule has 5 atom stereocenters. The van der Waals surface area contributed by atoms with Gasteiger partial charge in [-0.1, -0.05) is 55.3 Å². The molecule has 8 aliphatic rings. The largest absolute Gasteiger partial charge is 0.461 e. The third-order valence-electron chi connectivity index (χ3n) is 18.5. The zero-order chi connectivity index (χ0) is 55.0. The van der Waals surface area contributed by atoms with E-state index >= 15 is 4.39 Å². The molecule has 414 valence electrons. The van der Waals surface area contributed by atoms with Crippen molar-refractivity contribution in [3.8, 4) is 29.6 Å². The number of pyridine rings is 1. The van der Waals surface area contributed by atoms with E-state index in [0.29, 0.717) is 113 Å². The van der Waals surface area contributed by atoms with Gasteiger partial charge in [0.05, 0.1) is 27.7 Å². The first-order valence-corrected chi connectivity index (χ1v) is 28.5. The first-order chi connectivity index (χ1) is 38.9. The number of piperazine rings is 2. The second-order valence-corrected chi connectivity index (χ2v) is 23.2. The standard InChI is InChI=1S/C61H66FN11O7/c1-4-42-48(62)15-12-37-8-6-10-45(52(37)42)53-43(5-2)54-46(29-63-53)55(71-31-39-13-14-40(32-71)64-39)67-59(66-54)80-35-61-21-18-41(73(61)30-36(3)28-61)34-79-60(78)70-26-24-69(25-27-70)57(76)38-19-22-68(23-20-38)49-11-7-9-44-47(49)33-72(58(44)77)50-16-17-51(74)65-56(50)75/h1,6-12,15,29,38-41,50,64H,3,5,13-14,16-28,30-35H2,2H3,(H,65,74,75). The van der Waals surface area contributed by atoms with Crippen molar-refractivity contribution in [3.05, 3.63) is 95.0 Å². The summed E-state index contributed by atoms with van der Waals surface area (Å²) in [5.41, 5.74) is 6.36. The third kappa shape index (κ3) is 9.13. The highest BCUT2D eigenvalue weighted by atomic mass is 19.1. The summed E-state index contributed by atoms with van der Waals surface area (Å²) in [7, 11) is 0. The maximum absolute atomic E-state index is 15.3. The van der Waals surface area contributed by atoms with Gasteiger partial charge in [-0.25, -0.2) is 9.18 Å².